The molecule has 1 aliphatic heterocycles. The molecule has 0 aromatic carbocycles. The molecule has 0 aromatic heterocycles. The number of hydrogen-bond donors (Lipinski definition) is 2. The first-order valence-electron chi connectivity index (χ1n) is 8.71. The summed E-state index contributed by atoms with van der Waals surface area (Å²) in [7, 11) is 0. The normalized spacial score (nSPS) is 30.3. The third-order valence-corrected chi connectivity index (χ3v) is 5.43. The van der Waals surface area contributed by atoms with Crippen LogP contribution in [0.5, 0.6) is 0 Å². The molecular formula is C17H32N2O2. The molecule has 21 heavy (non-hydrogen) atoms. The highest BCUT2D eigenvalue weighted by Gasteiger charge is 2.33. The molecule has 2 aliphatic rings. The van der Waals surface area contributed by atoms with Gasteiger partial charge in [-0.1, -0.05) is 26.7 Å². The Morgan fingerprint density at radius 2 is 1.71 bits per heavy atom. The highest BCUT2D eigenvalue weighted by molar-refractivity contribution is 5.79. The molecule has 0 radical (unpaired) electrons. The van der Waals surface area contributed by atoms with Crippen molar-refractivity contribution in [2.75, 3.05) is 13.1 Å². The van der Waals surface area contributed by atoms with Gasteiger partial charge in [-0.2, -0.15) is 0 Å². The van der Waals surface area contributed by atoms with Crippen LogP contribution in [0.1, 0.15) is 59.3 Å². The molecule has 1 heterocycles. The highest BCUT2D eigenvalue weighted by Crippen LogP contribution is 2.27. The van der Waals surface area contributed by atoms with Crippen LogP contribution in [-0.2, 0) is 4.79 Å². The quantitative estimate of drug-likeness (QED) is 0.836. The van der Waals surface area contributed by atoms with Crippen LogP contribution in [0.4, 0.5) is 0 Å². The molecule has 0 spiro atoms. The molecule has 1 amide bonds. The number of piperidine rings is 1. The first kappa shape index (κ1) is 16.8. The molecule has 1 saturated carbocycles. The van der Waals surface area contributed by atoms with Gasteiger partial charge in [0.25, 0.3) is 0 Å². The molecule has 4 heteroatoms. The summed E-state index contributed by atoms with van der Waals surface area (Å²) in [6, 6.07) is 0.577. The SMILES string of the molecule is CC(C)C(C)NC(=O)C1CCN(C2CCCCC2O)CC1. The molecule has 2 N–H and O–H groups in total. The van der Waals surface area contributed by atoms with Crippen molar-refractivity contribution in [2.45, 2.75) is 77.5 Å². The number of nitrogens with zero attached hydrogens (tertiary/aromatic N) is 1. The molecule has 1 aliphatic carbocycles. The molecule has 0 bridgehead atoms. The fraction of sp³-hybridized carbons (Fsp3) is 0.941. The summed E-state index contributed by atoms with van der Waals surface area (Å²) in [4.78, 5) is 14.7. The summed E-state index contributed by atoms with van der Waals surface area (Å²) in [5.74, 6) is 0.856. The summed E-state index contributed by atoms with van der Waals surface area (Å²) < 4.78 is 0. The number of rotatable bonds is 4. The second-order valence-electron chi connectivity index (χ2n) is 7.27. The van der Waals surface area contributed by atoms with E-state index >= 15 is 0 Å². The van der Waals surface area contributed by atoms with E-state index in [1.165, 1.54) is 6.42 Å². The van der Waals surface area contributed by atoms with E-state index in [-0.39, 0.29) is 24.0 Å². The Bertz CT molecular complexity index is 338. The fourth-order valence-electron chi connectivity index (χ4n) is 3.52. The number of aliphatic hydroxyl groups is 1. The highest BCUT2D eigenvalue weighted by atomic mass is 16.3. The van der Waals surface area contributed by atoms with E-state index in [1.807, 2.05) is 0 Å². The van der Waals surface area contributed by atoms with Crippen molar-refractivity contribution in [1.82, 2.24) is 10.2 Å². The standard InChI is InChI=1S/C17H32N2O2/c1-12(2)13(3)18-17(21)14-8-10-19(11-9-14)15-6-4-5-7-16(15)20/h12-16,20H,4-11H2,1-3H3,(H,18,21). The Balaban J connectivity index is 1.78. The summed E-state index contributed by atoms with van der Waals surface area (Å²) in [5, 5.41) is 13.3. The number of nitrogens with one attached hydrogen (secondary N) is 1. The van der Waals surface area contributed by atoms with E-state index < -0.39 is 0 Å². The zero-order chi connectivity index (χ0) is 15.4. The summed E-state index contributed by atoms with van der Waals surface area (Å²) >= 11 is 0. The van der Waals surface area contributed by atoms with Gasteiger partial charge in [-0.05, 0) is 51.6 Å². The maximum absolute atomic E-state index is 12.3. The van der Waals surface area contributed by atoms with Crippen LogP contribution in [0.25, 0.3) is 0 Å². The van der Waals surface area contributed by atoms with Crippen molar-refractivity contribution in [3.8, 4) is 0 Å². The van der Waals surface area contributed by atoms with Gasteiger partial charge >= 0.3 is 0 Å². The molecule has 1 saturated heterocycles. The maximum Gasteiger partial charge on any atom is 0.223 e. The summed E-state index contributed by atoms with van der Waals surface area (Å²) in [6.07, 6.45) is 6.14. The van der Waals surface area contributed by atoms with Crippen LogP contribution in [0.15, 0.2) is 0 Å². The van der Waals surface area contributed by atoms with Crippen molar-refractivity contribution >= 4 is 5.91 Å². The van der Waals surface area contributed by atoms with Gasteiger partial charge in [0, 0.05) is 18.0 Å². The Morgan fingerprint density at radius 3 is 2.29 bits per heavy atom. The van der Waals surface area contributed by atoms with E-state index in [1.54, 1.807) is 0 Å². The Kier molecular flexibility index (Phi) is 6.06. The van der Waals surface area contributed by atoms with E-state index in [0.717, 1.165) is 45.2 Å². The molecule has 2 fully saturated rings. The van der Waals surface area contributed by atoms with Crippen LogP contribution in [-0.4, -0.2) is 47.2 Å². The number of amides is 1. The van der Waals surface area contributed by atoms with Crippen molar-refractivity contribution in [3.63, 3.8) is 0 Å². The Hall–Kier alpha value is -0.610. The molecule has 0 aromatic rings. The molecule has 4 nitrogen and oxygen atoms in total. The Morgan fingerprint density at radius 1 is 1.10 bits per heavy atom. The molecule has 122 valence electrons. The van der Waals surface area contributed by atoms with Crippen LogP contribution in [0.3, 0.4) is 0 Å². The Labute approximate surface area is 129 Å². The summed E-state index contributed by atoms with van der Waals surface area (Å²) in [6.45, 7) is 8.26. The molecule has 2 rings (SSSR count). The van der Waals surface area contributed by atoms with Crippen molar-refractivity contribution in [1.29, 1.82) is 0 Å². The fourth-order valence-corrected chi connectivity index (χ4v) is 3.52. The van der Waals surface area contributed by atoms with Gasteiger partial charge in [0.2, 0.25) is 5.91 Å². The second-order valence-corrected chi connectivity index (χ2v) is 7.27. The number of carbonyl (C=O) groups excluding carboxylic acids is 1. The van der Waals surface area contributed by atoms with Gasteiger partial charge < -0.3 is 10.4 Å². The lowest BCUT2D eigenvalue weighted by atomic mass is 9.88. The third kappa shape index (κ3) is 4.43. The maximum atomic E-state index is 12.3. The third-order valence-electron chi connectivity index (χ3n) is 5.43. The topological polar surface area (TPSA) is 52.6 Å². The zero-order valence-electron chi connectivity index (χ0n) is 13.8. The van der Waals surface area contributed by atoms with Gasteiger partial charge in [-0.15, -0.1) is 0 Å². The molecule has 3 unspecified atom stereocenters. The van der Waals surface area contributed by atoms with Gasteiger partial charge in [-0.25, -0.2) is 0 Å². The first-order chi connectivity index (χ1) is 9.99. The predicted molar refractivity (Wildman–Crippen MR) is 85.0 cm³/mol. The number of aliphatic hydroxyl groups excluding tert-OH is 1. The minimum atomic E-state index is -0.162. The van der Waals surface area contributed by atoms with Crippen molar-refractivity contribution in [3.05, 3.63) is 0 Å². The van der Waals surface area contributed by atoms with Crippen LogP contribution < -0.4 is 5.32 Å². The second kappa shape index (κ2) is 7.59. The van der Waals surface area contributed by atoms with Crippen molar-refractivity contribution in [2.24, 2.45) is 11.8 Å². The molecule has 3 atom stereocenters. The van der Waals surface area contributed by atoms with Gasteiger partial charge in [0.05, 0.1) is 6.10 Å². The smallest absolute Gasteiger partial charge is 0.223 e. The predicted octanol–water partition coefficient (Wildman–Crippen LogP) is 2.16. The largest absolute Gasteiger partial charge is 0.391 e. The minimum absolute atomic E-state index is 0.156. The van der Waals surface area contributed by atoms with E-state index in [0.29, 0.717) is 12.0 Å². The lowest BCUT2D eigenvalue weighted by Gasteiger charge is -2.41. The first-order valence-corrected chi connectivity index (χ1v) is 8.71. The van der Waals surface area contributed by atoms with Crippen LogP contribution in [0.2, 0.25) is 0 Å². The number of hydrogen-bond acceptors (Lipinski definition) is 3. The number of likely N-dealkylation sites (tertiary alicyclic amines) is 1. The van der Waals surface area contributed by atoms with E-state index in [2.05, 4.69) is 31.0 Å². The van der Waals surface area contributed by atoms with Gasteiger partial charge in [-0.3, -0.25) is 9.69 Å². The van der Waals surface area contributed by atoms with E-state index in [4.69, 9.17) is 0 Å². The van der Waals surface area contributed by atoms with Crippen LogP contribution >= 0.6 is 0 Å². The van der Waals surface area contributed by atoms with Gasteiger partial charge in [0.1, 0.15) is 0 Å². The van der Waals surface area contributed by atoms with Gasteiger partial charge in [0.15, 0.2) is 0 Å². The number of carbonyl (C=O) groups is 1. The molecular weight excluding hydrogens is 264 g/mol. The average Bonchev–Trinajstić information content (AvgIpc) is 2.47. The van der Waals surface area contributed by atoms with E-state index in [9.17, 15) is 9.90 Å². The summed E-state index contributed by atoms with van der Waals surface area (Å²) in [5.41, 5.74) is 0. The monoisotopic (exact) mass is 296 g/mol. The van der Waals surface area contributed by atoms with Crippen LogP contribution in [0, 0.1) is 11.8 Å². The lowest BCUT2D eigenvalue weighted by Crippen LogP contribution is -2.51. The van der Waals surface area contributed by atoms with Crippen molar-refractivity contribution < 1.29 is 9.90 Å². The average molecular weight is 296 g/mol. The minimum Gasteiger partial charge on any atom is -0.391 e. The lowest BCUT2D eigenvalue weighted by molar-refractivity contribution is -0.127. The zero-order valence-corrected chi connectivity index (χ0v) is 13.8.